The molecule has 0 radical (unpaired) electrons. The third kappa shape index (κ3) is 10.0. The number of esters is 4. The summed E-state index contributed by atoms with van der Waals surface area (Å²) in [4.78, 5) is 57.3. The van der Waals surface area contributed by atoms with E-state index in [-0.39, 0.29) is 28.8 Å². The fourth-order valence-electron chi connectivity index (χ4n) is 2.81. The van der Waals surface area contributed by atoms with E-state index in [0.29, 0.717) is 11.1 Å². The molecule has 192 valence electrons. The molecule has 10 nitrogen and oxygen atoms in total. The number of allylic oxidation sites excluding steroid dienone is 3. The van der Waals surface area contributed by atoms with Crippen LogP contribution in [-0.4, -0.2) is 34.8 Å². The van der Waals surface area contributed by atoms with Crippen LogP contribution in [0, 0.1) is 0 Å². The normalized spacial score (nSPS) is 11.3. The standard InChI is InChI=1S/C27H24O10/c1-16(28)34-24-11-7-20(13-26(24)36-18(3)30)5-9-22(32)15-23(33)10-6-21-8-12-25(35-17(2)29)27(14-21)37-19(4)31/h5-15,32H,1-4H3/b9-5+,10-6+,22-15-. The smallest absolute Gasteiger partial charge is 0.308 e. The minimum absolute atomic E-state index is 0.00599. The highest BCUT2D eigenvalue weighted by Gasteiger charge is 2.12. The van der Waals surface area contributed by atoms with Gasteiger partial charge < -0.3 is 24.1 Å². The van der Waals surface area contributed by atoms with Crippen LogP contribution >= 0.6 is 0 Å². The minimum Gasteiger partial charge on any atom is -0.508 e. The predicted molar refractivity (Wildman–Crippen MR) is 132 cm³/mol. The third-order valence-electron chi connectivity index (χ3n) is 4.13. The molecule has 0 amide bonds. The Bertz CT molecular complexity index is 1310. The maximum Gasteiger partial charge on any atom is 0.308 e. The summed E-state index contributed by atoms with van der Waals surface area (Å²) in [5.41, 5.74) is 0.954. The number of benzene rings is 2. The SMILES string of the molecule is CC(=O)Oc1ccc(/C=C/C(=O)/C=C(O)/C=C/c2ccc(OC(C)=O)c(OC(C)=O)c2)cc1OC(C)=O. The largest absolute Gasteiger partial charge is 0.508 e. The number of ketones is 1. The number of carbonyl (C=O) groups is 5. The van der Waals surface area contributed by atoms with Gasteiger partial charge in [-0.2, -0.15) is 0 Å². The Balaban J connectivity index is 2.16. The fourth-order valence-corrected chi connectivity index (χ4v) is 2.81. The van der Waals surface area contributed by atoms with E-state index in [9.17, 15) is 29.1 Å². The molecule has 0 aliphatic rings. The molecule has 0 saturated heterocycles. The average Bonchev–Trinajstić information content (AvgIpc) is 2.78. The molecule has 37 heavy (non-hydrogen) atoms. The van der Waals surface area contributed by atoms with E-state index >= 15 is 0 Å². The third-order valence-corrected chi connectivity index (χ3v) is 4.13. The van der Waals surface area contributed by atoms with Crippen LogP contribution < -0.4 is 18.9 Å². The van der Waals surface area contributed by atoms with Crippen LogP contribution in [0.1, 0.15) is 38.8 Å². The zero-order valence-electron chi connectivity index (χ0n) is 20.5. The Kier molecular flexibility index (Phi) is 10.1. The van der Waals surface area contributed by atoms with E-state index in [0.717, 1.165) is 6.08 Å². The summed E-state index contributed by atoms with van der Waals surface area (Å²) >= 11 is 0. The van der Waals surface area contributed by atoms with Crippen LogP contribution in [0.4, 0.5) is 0 Å². The molecule has 0 spiro atoms. The van der Waals surface area contributed by atoms with Gasteiger partial charge in [0.15, 0.2) is 28.8 Å². The first-order chi connectivity index (χ1) is 17.4. The van der Waals surface area contributed by atoms with Crippen molar-refractivity contribution in [3.05, 3.63) is 71.5 Å². The number of rotatable bonds is 9. The highest BCUT2D eigenvalue weighted by Crippen LogP contribution is 2.30. The van der Waals surface area contributed by atoms with Crippen molar-refractivity contribution in [1.82, 2.24) is 0 Å². The molecule has 0 heterocycles. The second kappa shape index (κ2) is 13.2. The molecule has 1 N–H and O–H groups in total. The summed E-state index contributed by atoms with van der Waals surface area (Å²) in [5, 5.41) is 10.1. The number of aliphatic hydroxyl groups is 1. The van der Waals surface area contributed by atoms with Crippen molar-refractivity contribution >= 4 is 41.8 Å². The molecule has 0 aliphatic heterocycles. The van der Waals surface area contributed by atoms with Crippen molar-refractivity contribution in [3.8, 4) is 23.0 Å². The maximum atomic E-state index is 12.2. The van der Waals surface area contributed by atoms with Gasteiger partial charge in [-0.3, -0.25) is 24.0 Å². The van der Waals surface area contributed by atoms with Crippen LogP contribution in [0.3, 0.4) is 0 Å². The summed E-state index contributed by atoms with van der Waals surface area (Å²) < 4.78 is 20.1. The first-order valence-corrected chi connectivity index (χ1v) is 10.8. The first-order valence-electron chi connectivity index (χ1n) is 10.8. The van der Waals surface area contributed by atoms with Crippen molar-refractivity contribution in [2.75, 3.05) is 0 Å². The molecule has 0 unspecified atom stereocenters. The summed E-state index contributed by atoms with van der Waals surface area (Å²) in [5.74, 6) is -3.21. The van der Waals surface area contributed by atoms with Crippen LogP contribution in [0.5, 0.6) is 23.0 Å². The Morgan fingerprint density at radius 3 is 1.38 bits per heavy atom. The summed E-state index contributed by atoms with van der Waals surface area (Å²) in [6, 6.07) is 8.76. The highest BCUT2D eigenvalue weighted by atomic mass is 16.6. The van der Waals surface area contributed by atoms with Gasteiger partial charge in [-0.1, -0.05) is 24.3 Å². The lowest BCUT2D eigenvalue weighted by Crippen LogP contribution is -2.07. The first kappa shape index (κ1) is 28.2. The molecular formula is C27H24O10. The molecular weight excluding hydrogens is 484 g/mol. The van der Waals surface area contributed by atoms with E-state index in [1.165, 1.54) is 76.3 Å². The fraction of sp³-hybridized carbons (Fsp3) is 0.148. The second-order valence-electron chi connectivity index (χ2n) is 7.43. The van der Waals surface area contributed by atoms with Gasteiger partial charge in [0, 0.05) is 33.8 Å². The minimum atomic E-state index is -0.619. The number of hydrogen-bond donors (Lipinski definition) is 1. The van der Waals surface area contributed by atoms with Crippen LogP contribution in [0.25, 0.3) is 12.2 Å². The van der Waals surface area contributed by atoms with Crippen molar-refractivity contribution in [3.63, 3.8) is 0 Å². The molecule has 0 aromatic heterocycles. The number of aliphatic hydroxyl groups excluding tert-OH is 1. The van der Waals surface area contributed by atoms with E-state index in [2.05, 4.69) is 0 Å². The van der Waals surface area contributed by atoms with E-state index in [1.807, 2.05) is 0 Å². The van der Waals surface area contributed by atoms with Gasteiger partial charge in [-0.15, -0.1) is 0 Å². The molecule has 0 bridgehead atoms. The predicted octanol–water partition coefficient (Wildman–Crippen LogP) is 4.13. The van der Waals surface area contributed by atoms with Crippen molar-refractivity contribution < 1.29 is 48.0 Å². The summed E-state index contributed by atoms with van der Waals surface area (Å²) in [7, 11) is 0. The van der Waals surface area contributed by atoms with Gasteiger partial charge in [0.1, 0.15) is 5.76 Å². The lowest BCUT2D eigenvalue weighted by Gasteiger charge is -2.09. The van der Waals surface area contributed by atoms with Crippen LogP contribution in [0.2, 0.25) is 0 Å². The Labute approximate surface area is 212 Å². The molecule has 2 rings (SSSR count). The Morgan fingerprint density at radius 2 is 0.973 bits per heavy atom. The zero-order valence-corrected chi connectivity index (χ0v) is 20.5. The summed E-state index contributed by atoms with van der Waals surface area (Å²) in [6.07, 6.45) is 6.26. The molecule has 2 aromatic carbocycles. The van der Waals surface area contributed by atoms with Gasteiger partial charge in [0.2, 0.25) is 0 Å². The van der Waals surface area contributed by atoms with Crippen molar-refractivity contribution in [2.45, 2.75) is 27.7 Å². The molecule has 0 fully saturated rings. The van der Waals surface area contributed by atoms with E-state index in [4.69, 9.17) is 18.9 Å². The average molecular weight is 508 g/mol. The zero-order chi connectivity index (χ0) is 27.5. The Hall–Kier alpha value is -4.99. The number of hydrogen-bond acceptors (Lipinski definition) is 10. The second-order valence-corrected chi connectivity index (χ2v) is 7.43. The van der Waals surface area contributed by atoms with Crippen molar-refractivity contribution in [2.24, 2.45) is 0 Å². The molecule has 10 heteroatoms. The maximum absolute atomic E-state index is 12.2. The lowest BCUT2D eigenvalue weighted by atomic mass is 10.1. The Morgan fingerprint density at radius 1 is 0.595 bits per heavy atom. The van der Waals surface area contributed by atoms with Gasteiger partial charge in [0.05, 0.1) is 0 Å². The molecule has 0 saturated carbocycles. The van der Waals surface area contributed by atoms with Crippen LogP contribution in [0.15, 0.2) is 60.4 Å². The number of carbonyl (C=O) groups excluding carboxylic acids is 5. The van der Waals surface area contributed by atoms with E-state index < -0.39 is 29.7 Å². The van der Waals surface area contributed by atoms with Crippen molar-refractivity contribution in [1.29, 1.82) is 0 Å². The molecule has 0 aliphatic carbocycles. The quantitative estimate of drug-likeness (QED) is 0.173. The topological polar surface area (TPSA) is 143 Å². The number of ether oxygens (including phenoxy) is 4. The molecule has 2 aromatic rings. The van der Waals surface area contributed by atoms with E-state index in [1.54, 1.807) is 12.1 Å². The van der Waals surface area contributed by atoms with Gasteiger partial charge >= 0.3 is 23.9 Å². The lowest BCUT2D eigenvalue weighted by molar-refractivity contribution is -0.134. The molecule has 0 atom stereocenters. The highest BCUT2D eigenvalue weighted by molar-refractivity contribution is 6.02. The monoisotopic (exact) mass is 508 g/mol. The van der Waals surface area contributed by atoms with Gasteiger partial charge in [0.25, 0.3) is 0 Å². The summed E-state index contributed by atoms with van der Waals surface area (Å²) in [6.45, 7) is 4.79. The van der Waals surface area contributed by atoms with Gasteiger partial charge in [-0.25, -0.2) is 0 Å². The van der Waals surface area contributed by atoms with Gasteiger partial charge in [-0.05, 0) is 47.5 Å². The van der Waals surface area contributed by atoms with Crippen LogP contribution in [-0.2, 0) is 24.0 Å².